The SMILES string of the molecule is Cc1ccc(CCCC(=O)C(C)C)c(C)c1. The zero-order chi connectivity index (χ0) is 12.1. The number of Topliss-reactive ketones (excluding diaryl/α,β-unsaturated/α-hetero) is 1. The first kappa shape index (κ1) is 13.0. The van der Waals surface area contributed by atoms with E-state index in [4.69, 9.17) is 0 Å². The van der Waals surface area contributed by atoms with Gasteiger partial charge >= 0.3 is 0 Å². The highest BCUT2D eigenvalue weighted by molar-refractivity contribution is 5.80. The van der Waals surface area contributed by atoms with Crippen LogP contribution in [-0.2, 0) is 11.2 Å². The van der Waals surface area contributed by atoms with E-state index >= 15 is 0 Å². The quantitative estimate of drug-likeness (QED) is 0.733. The Morgan fingerprint density at radius 3 is 2.50 bits per heavy atom. The molecule has 0 spiro atoms. The molecule has 0 amide bonds. The Morgan fingerprint density at radius 2 is 1.94 bits per heavy atom. The maximum Gasteiger partial charge on any atom is 0.135 e. The fourth-order valence-electron chi connectivity index (χ4n) is 1.87. The monoisotopic (exact) mass is 218 g/mol. The molecule has 1 heteroatoms. The molecule has 0 unspecified atom stereocenters. The molecule has 0 fully saturated rings. The van der Waals surface area contributed by atoms with Gasteiger partial charge in [0.15, 0.2) is 0 Å². The Balaban J connectivity index is 2.46. The van der Waals surface area contributed by atoms with Gasteiger partial charge in [0.25, 0.3) is 0 Å². The van der Waals surface area contributed by atoms with Crippen LogP contribution in [0.3, 0.4) is 0 Å². The average Bonchev–Trinajstić information content (AvgIpc) is 2.20. The molecular weight excluding hydrogens is 196 g/mol. The van der Waals surface area contributed by atoms with E-state index in [2.05, 4.69) is 32.0 Å². The fourth-order valence-corrected chi connectivity index (χ4v) is 1.87. The van der Waals surface area contributed by atoms with Crippen LogP contribution in [0.5, 0.6) is 0 Å². The van der Waals surface area contributed by atoms with Crippen molar-refractivity contribution in [3.63, 3.8) is 0 Å². The molecule has 1 rings (SSSR count). The highest BCUT2D eigenvalue weighted by atomic mass is 16.1. The van der Waals surface area contributed by atoms with Gasteiger partial charge in [0.2, 0.25) is 0 Å². The average molecular weight is 218 g/mol. The van der Waals surface area contributed by atoms with Gasteiger partial charge in [-0.25, -0.2) is 0 Å². The van der Waals surface area contributed by atoms with Crippen molar-refractivity contribution in [2.75, 3.05) is 0 Å². The van der Waals surface area contributed by atoms with Crippen molar-refractivity contribution in [3.05, 3.63) is 34.9 Å². The lowest BCUT2D eigenvalue weighted by Gasteiger charge is -2.07. The van der Waals surface area contributed by atoms with Crippen molar-refractivity contribution in [3.8, 4) is 0 Å². The molecule has 1 aromatic carbocycles. The minimum Gasteiger partial charge on any atom is -0.299 e. The summed E-state index contributed by atoms with van der Waals surface area (Å²) in [5.41, 5.74) is 4.03. The Labute approximate surface area is 98.9 Å². The Morgan fingerprint density at radius 1 is 1.25 bits per heavy atom. The molecule has 0 aromatic heterocycles. The molecule has 0 radical (unpaired) electrons. The van der Waals surface area contributed by atoms with Crippen LogP contribution in [0.4, 0.5) is 0 Å². The first-order chi connectivity index (χ1) is 7.50. The number of ketones is 1. The summed E-state index contributed by atoms with van der Waals surface area (Å²) in [4.78, 5) is 11.5. The molecular formula is C15H22O. The predicted octanol–water partition coefficient (Wildman–Crippen LogP) is 3.85. The number of hydrogen-bond donors (Lipinski definition) is 0. The first-order valence-electron chi connectivity index (χ1n) is 6.09. The summed E-state index contributed by atoms with van der Waals surface area (Å²) < 4.78 is 0. The molecule has 1 aromatic rings. The molecule has 0 aliphatic heterocycles. The van der Waals surface area contributed by atoms with Crippen LogP contribution in [0.1, 0.15) is 43.4 Å². The maximum absolute atomic E-state index is 11.5. The molecule has 88 valence electrons. The second-order valence-electron chi connectivity index (χ2n) is 4.90. The van der Waals surface area contributed by atoms with Gasteiger partial charge in [-0.15, -0.1) is 0 Å². The standard InChI is InChI=1S/C15H22O/c1-11(2)15(16)7-5-6-14-9-8-12(3)10-13(14)4/h8-11H,5-7H2,1-4H3. The van der Waals surface area contributed by atoms with Gasteiger partial charge in [-0.1, -0.05) is 37.6 Å². The third-order valence-electron chi connectivity index (χ3n) is 3.01. The van der Waals surface area contributed by atoms with E-state index in [-0.39, 0.29) is 5.92 Å². The van der Waals surface area contributed by atoms with E-state index in [9.17, 15) is 4.79 Å². The van der Waals surface area contributed by atoms with Crippen LogP contribution in [0.15, 0.2) is 18.2 Å². The molecule has 16 heavy (non-hydrogen) atoms. The Hall–Kier alpha value is -1.11. The lowest BCUT2D eigenvalue weighted by Crippen LogP contribution is -2.07. The minimum absolute atomic E-state index is 0.180. The number of rotatable bonds is 5. The van der Waals surface area contributed by atoms with Crippen LogP contribution in [0.2, 0.25) is 0 Å². The zero-order valence-corrected chi connectivity index (χ0v) is 10.8. The van der Waals surface area contributed by atoms with Crippen LogP contribution in [0, 0.1) is 19.8 Å². The molecule has 0 heterocycles. The number of hydrogen-bond acceptors (Lipinski definition) is 1. The molecule has 0 aliphatic rings. The molecule has 0 bridgehead atoms. The second kappa shape index (κ2) is 5.83. The number of benzene rings is 1. The third-order valence-corrected chi connectivity index (χ3v) is 3.01. The van der Waals surface area contributed by atoms with Crippen LogP contribution >= 0.6 is 0 Å². The summed E-state index contributed by atoms with van der Waals surface area (Å²) in [6.07, 6.45) is 2.70. The van der Waals surface area contributed by atoms with E-state index in [1.54, 1.807) is 0 Å². The minimum atomic E-state index is 0.180. The molecule has 0 aliphatic carbocycles. The highest BCUT2D eigenvalue weighted by Gasteiger charge is 2.07. The summed E-state index contributed by atoms with van der Waals surface area (Å²) in [7, 11) is 0. The van der Waals surface area contributed by atoms with Crippen molar-refractivity contribution in [2.45, 2.75) is 47.0 Å². The van der Waals surface area contributed by atoms with Gasteiger partial charge in [0.05, 0.1) is 0 Å². The lowest BCUT2D eigenvalue weighted by molar-refractivity contribution is -0.121. The van der Waals surface area contributed by atoms with Gasteiger partial charge in [0.1, 0.15) is 5.78 Å². The van der Waals surface area contributed by atoms with Crippen molar-refractivity contribution in [2.24, 2.45) is 5.92 Å². The summed E-state index contributed by atoms with van der Waals surface area (Å²) in [6.45, 7) is 8.20. The molecule has 0 N–H and O–H groups in total. The molecule has 0 saturated heterocycles. The van der Waals surface area contributed by atoms with Crippen molar-refractivity contribution >= 4 is 5.78 Å². The van der Waals surface area contributed by atoms with Gasteiger partial charge in [-0.05, 0) is 37.8 Å². The van der Waals surface area contributed by atoms with E-state index in [0.717, 1.165) is 12.8 Å². The van der Waals surface area contributed by atoms with E-state index in [0.29, 0.717) is 12.2 Å². The second-order valence-corrected chi connectivity index (χ2v) is 4.90. The summed E-state index contributed by atoms with van der Waals surface area (Å²) in [5.74, 6) is 0.559. The van der Waals surface area contributed by atoms with Gasteiger partial charge in [-0.3, -0.25) is 4.79 Å². The predicted molar refractivity (Wildman–Crippen MR) is 68.7 cm³/mol. The number of carbonyl (C=O) groups is 1. The molecule has 1 nitrogen and oxygen atoms in total. The van der Waals surface area contributed by atoms with Crippen molar-refractivity contribution < 1.29 is 4.79 Å². The van der Waals surface area contributed by atoms with Gasteiger partial charge in [-0.2, -0.15) is 0 Å². The van der Waals surface area contributed by atoms with E-state index in [1.165, 1.54) is 16.7 Å². The topological polar surface area (TPSA) is 17.1 Å². The van der Waals surface area contributed by atoms with E-state index in [1.807, 2.05) is 13.8 Å². The Bertz CT molecular complexity index is 364. The largest absolute Gasteiger partial charge is 0.299 e. The fraction of sp³-hybridized carbons (Fsp3) is 0.533. The smallest absolute Gasteiger partial charge is 0.135 e. The molecule has 0 atom stereocenters. The summed E-state index contributed by atoms with van der Waals surface area (Å²) >= 11 is 0. The highest BCUT2D eigenvalue weighted by Crippen LogP contribution is 2.14. The van der Waals surface area contributed by atoms with Gasteiger partial charge < -0.3 is 0 Å². The first-order valence-corrected chi connectivity index (χ1v) is 6.09. The maximum atomic E-state index is 11.5. The third kappa shape index (κ3) is 3.80. The lowest BCUT2D eigenvalue weighted by atomic mass is 9.98. The Kier molecular flexibility index (Phi) is 4.72. The van der Waals surface area contributed by atoms with Gasteiger partial charge in [0, 0.05) is 12.3 Å². The van der Waals surface area contributed by atoms with Crippen LogP contribution < -0.4 is 0 Å². The van der Waals surface area contributed by atoms with Crippen LogP contribution in [-0.4, -0.2) is 5.78 Å². The summed E-state index contributed by atoms with van der Waals surface area (Å²) in [6, 6.07) is 6.54. The number of carbonyl (C=O) groups excluding carboxylic acids is 1. The molecule has 0 saturated carbocycles. The van der Waals surface area contributed by atoms with E-state index < -0.39 is 0 Å². The number of aryl methyl sites for hydroxylation is 3. The van der Waals surface area contributed by atoms with Crippen molar-refractivity contribution in [1.82, 2.24) is 0 Å². The van der Waals surface area contributed by atoms with Crippen molar-refractivity contribution in [1.29, 1.82) is 0 Å². The summed E-state index contributed by atoms with van der Waals surface area (Å²) in [5, 5.41) is 0. The zero-order valence-electron chi connectivity index (χ0n) is 10.8. The van der Waals surface area contributed by atoms with Crippen LogP contribution in [0.25, 0.3) is 0 Å². The normalized spacial score (nSPS) is 10.8.